The van der Waals surface area contributed by atoms with Crippen LogP contribution < -0.4 is 0 Å². The number of aromatic nitrogens is 2. The first-order valence-corrected chi connectivity index (χ1v) is 7.86. The lowest BCUT2D eigenvalue weighted by atomic mass is 10.1. The molecule has 21 heavy (non-hydrogen) atoms. The Morgan fingerprint density at radius 2 is 1.71 bits per heavy atom. The summed E-state index contributed by atoms with van der Waals surface area (Å²) in [7, 11) is 0. The first-order valence-electron chi connectivity index (χ1n) is 6.73. The van der Waals surface area contributed by atoms with Crippen LogP contribution in [0, 0.1) is 0 Å². The minimum Gasteiger partial charge on any atom is -0.378 e. The predicted octanol–water partition coefficient (Wildman–Crippen LogP) is 4.83. The largest absolute Gasteiger partial charge is 0.378 e. The summed E-state index contributed by atoms with van der Waals surface area (Å²) >= 11 is 18.5. The van der Waals surface area contributed by atoms with E-state index in [2.05, 4.69) is 9.97 Å². The van der Waals surface area contributed by atoms with Gasteiger partial charge in [-0.2, -0.15) is 0 Å². The fraction of sp³-hybridized carbons (Fsp3) is 0.333. The van der Waals surface area contributed by atoms with Crippen LogP contribution in [0.5, 0.6) is 0 Å². The molecule has 1 aromatic heterocycles. The monoisotopic (exact) mass is 342 g/mol. The molecule has 1 saturated heterocycles. The van der Waals surface area contributed by atoms with Crippen molar-refractivity contribution in [2.45, 2.75) is 25.4 Å². The smallest absolute Gasteiger partial charge is 0.142 e. The number of nitrogens with zero attached hydrogens (tertiary/aromatic N) is 2. The van der Waals surface area contributed by atoms with Gasteiger partial charge < -0.3 is 4.74 Å². The second-order valence-electron chi connectivity index (χ2n) is 4.94. The minimum atomic E-state index is 0.165. The quantitative estimate of drug-likeness (QED) is 0.749. The summed E-state index contributed by atoms with van der Waals surface area (Å²) in [5.74, 6) is 0.620. The molecular weight excluding hydrogens is 331 g/mol. The molecule has 6 heteroatoms. The summed E-state index contributed by atoms with van der Waals surface area (Å²) < 4.78 is 5.58. The molecule has 110 valence electrons. The lowest BCUT2D eigenvalue weighted by Crippen LogP contribution is -2.12. The van der Waals surface area contributed by atoms with Gasteiger partial charge in [0.2, 0.25) is 0 Å². The van der Waals surface area contributed by atoms with E-state index in [9.17, 15) is 0 Å². The van der Waals surface area contributed by atoms with E-state index in [0.717, 1.165) is 25.0 Å². The van der Waals surface area contributed by atoms with Gasteiger partial charge in [0.25, 0.3) is 0 Å². The Balaban J connectivity index is 1.90. The summed E-state index contributed by atoms with van der Waals surface area (Å²) in [4.78, 5) is 8.71. The van der Waals surface area contributed by atoms with Crippen LogP contribution >= 0.6 is 34.8 Å². The maximum atomic E-state index is 6.29. The average Bonchev–Trinajstić information content (AvgIpc) is 2.93. The van der Waals surface area contributed by atoms with Gasteiger partial charge in [-0.1, -0.05) is 46.9 Å². The molecule has 0 N–H and O–H groups in total. The van der Waals surface area contributed by atoms with Crippen LogP contribution in [0.3, 0.4) is 0 Å². The van der Waals surface area contributed by atoms with Gasteiger partial charge in [-0.15, -0.1) is 0 Å². The maximum absolute atomic E-state index is 6.29. The highest BCUT2D eigenvalue weighted by molar-refractivity contribution is 6.37. The van der Waals surface area contributed by atoms with Crippen molar-refractivity contribution in [3.8, 4) is 11.1 Å². The molecule has 0 aliphatic carbocycles. The zero-order valence-electron chi connectivity index (χ0n) is 11.2. The number of rotatable bonds is 3. The van der Waals surface area contributed by atoms with Crippen LogP contribution in [-0.2, 0) is 11.2 Å². The fourth-order valence-corrected chi connectivity index (χ4v) is 3.17. The number of ether oxygens (including phenoxy) is 1. The summed E-state index contributed by atoms with van der Waals surface area (Å²) in [6.07, 6.45) is 2.91. The van der Waals surface area contributed by atoms with E-state index in [-0.39, 0.29) is 6.10 Å². The van der Waals surface area contributed by atoms with Gasteiger partial charge in [-0.3, -0.25) is 0 Å². The Bertz CT molecular complexity index is 617. The Morgan fingerprint density at radius 1 is 1.05 bits per heavy atom. The van der Waals surface area contributed by atoms with Crippen LogP contribution in [0.25, 0.3) is 11.1 Å². The van der Waals surface area contributed by atoms with Crippen molar-refractivity contribution in [3.05, 3.63) is 45.4 Å². The van der Waals surface area contributed by atoms with Crippen LogP contribution in [0.15, 0.2) is 24.3 Å². The summed E-state index contributed by atoms with van der Waals surface area (Å²) in [5.41, 5.74) is 1.48. The molecule has 1 aliphatic rings. The molecule has 0 spiro atoms. The Kier molecular flexibility index (Phi) is 4.65. The molecule has 0 amide bonds. The topological polar surface area (TPSA) is 35.0 Å². The van der Waals surface area contributed by atoms with Gasteiger partial charge >= 0.3 is 0 Å². The Labute approximate surface area is 138 Å². The van der Waals surface area contributed by atoms with Gasteiger partial charge in [0.1, 0.15) is 16.1 Å². The van der Waals surface area contributed by atoms with Gasteiger partial charge in [-0.05, 0) is 30.5 Å². The summed E-state index contributed by atoms with van der Waals surface area (Å²) in [5, 5.41) is 1.36. The highest BCUT2D eigenvalue weighted by Gasteiger charge is 2.20. The summed E-state index contributed by atoms with van der Waals surface area (Å²) in [6, 6.07) is 7.25. The molecule has 0 radical (unpaired) electrons. The van der Waals surface area contributed by atoms with Crippen molar-refractivity contribution in [2.75, 3.05) is 6.61 Å². The van der Waals surface area contributed by atoms with Gasteiger partial charge in [0.05, 0.1) is 11.7 Å². The van der Waals surface area contributed by atoms with Gasteiger partial charge in [0.15, 0.2) is 0 Å². The van der Waals surface area contributed by atoms with Crippen molar-refractivity contribution in [1.29, 1.82) is 0 Å². The molecule has 1 fully saturated rings. The lowest BCUT2D eigenvalue weighted by molar-refractivity contribution is 0.110. The van der Waals surface area contributed by atoms with E-state index in [1.807, 2.05) is 12.1 Å². The second-order valence-corrected chi connectivity index (χ2v) is 6.09. The molecule has 1 aromatic carbocycles. The van der Waals surface area contributed by atoms with Crippen LogP contribution in [0.2, 0.25) is 15.3 Å². The normalized spacial score (nSPS) is 18.1. The summed E-state index contributed by atoms with van der Waals surface area (Å²) in [6.45, 7) is 0.801. The highest BCUT2D eigenvalue weighted by atomic mass is 35.5. The van der Waals surface area contributed by atoms with Gasteiger partial charge in [-0.25, -0.2) is 9.97 Å². The van der Waals surface area contributed by atoms with Crippen molar-refractivity contribution < 1.29 is 4.74 Å². The predicted molar refractivity (Wildman–Crippen MR) is 85.2 cm³/mol. The van der Waals surface area contributed by atoms with Gasteiger partial charge in [0, 0.05) is 18.1 Å². The third-order valence-corrected chi connectivity index (χ3v) is 4.23. The molecule has 0 bridgehead atoms. The molecule has 2 heterocycles. The lowest BCUT2D eigenvalue weighted by Gasteiger charge is -2.11. The molecule has 1 atom stereocenters. The van der Waals surface area contributed by atoms with E-state index in [1.54, 1.807) is 12.1 Å². The van der Waals surface area contributed by atoms with Crippen molar-refractivity contribution >= 4 is 34.8 Å². The first-order chi connectivity index (χ1) is 10.1. The van der Waals surface area contributed by atoms with E-state index in [0.29, 0.717) is 33.1 Å². The van der Waals surface area contributed by atoms with Crippen molar-refractivity contribution in [2.24, 2.45) is 0 Å². The molecule has 2 aromatic rings. The van der Waals surface area contributed by atoms with E-state index in [4.69, 9.17) is 39.5 Å². The Morgan fingerprint density at radius 3 is 2.29 bits per heavy atom. The molecular formula is C15H13Cl3N2O. The molecule has 3 nitrogen and oxygen atoms in total. The van der Waals surface area contributed by atoms with E-state index in [1.165, 1.54) is 0 Å². The zero-order chi connectivity index (χ0) is 14.8. The average molecular weight is 344 g/mol. The minimum absolute atomic E-state index is 0.165. The van der Waals surface area contributed by atoms with Crippen LogP contribution in [0.1, 0.15) is 18.7 Å². The second kappa shape index (κ2) is 6.49. The third kappa shape index (κ3) is 3.49. The van der Waals surface area contributed by atoms with E-state index < -0.39 is 0 Å². The Hall–Kier alpha value is -0.870. The number of halogens is 3. The van der Waals surface area contributed by atoms with Crippen molar-refractivity contribution in [3.63, 3.8) is 0 Å². The number of benzene rings is 1. The fourth-order valence-electron chi connectivity index (χ4n) is 2.40. The molecule has 1 aliphatic heterocycles. The maximum Gasteiger partial charge on any atom is 0.142 e. The molecule has 3 rings (SSSR count). The van der Waals surface area contributed by atoms with Crippen LogP contribution in [-0.4, -0.2) is 22.7 Å². The van der Waals surface area contributed by atoms with Crippen LogP contribution in [0.4, 0.5) is 0 Å². The molecule has 0 saturated carbocycles. The van der Waals surface area contributed by atoms with E-state index >= 15 is 0 Å². The standard InChI is InChI=1S/C15H13Cl3N2O/c16-10-5-3-9(4-6-10)13-14(17)19-12(20-15(13)18)8-11-2-1-7-21-11/h3-6,11H,1-2,7-8H2. The first kappa shape index (κ1) is 15.0. The molecule has 1 unspecified atom stereocenters. The number of hydrogen-bond donors (Lipinski definition) is 0. The zero-order valence-corrected chi connectivity index (χ0v) is 13.4. The van der Waals surface area contributed by atoms with Crippen molar-refractivity contribution in [1.82, 2.24) is 9.97 Å². The third-order valence-electron chi connectivity index (χ3n) is 3.43. The number of hydrogen-bond acceptors (Lipinski definition) is 3. The SMILES string of the molecule is Clc1ccc(-c2c(Cl)nc(CC3CCCO3)nc2Cl)cc1. The highest BCUT2D eigenvalue weighted by Crippen LogP contribution is 2.33.